The molecule has 6 heteroatoms. The number of piperazine rings is 1. The maximum atomic E-state index is 12.7. The van der Waals surface area contributed by atoms with Crippen molar-refractivity contribution in [3.63, 3.8) is 0 Å². The summed E-state index contributed by atoms with van der Waals surface area (Å²) in [5, 5.41) is 0. The van der Waals surface area contributed by atoms with Gasteiger partial charge in [0.05, 0.1) is 6.54 Å². The minimum absolute atomic E-state index is 0.00475. The van der Waals surface area contributed by atoms with Crippen LogP contribution in [0.25, 0.3) is 0 Å². The molecule has 1 saturated heterocycles. The van der Waals surface area contributed by atoms with Crippen LogP contribution in [0, 0.1) is 0 Å². The van der Waals surface area contributed by atoms with Gasteiger partial charge in [0.15, 0.2) is 0 Å². The molecule has 2 fully saturated rings. The van der Waals surface area contributed by atoms with E-state index < -0.39 is 5.92 Å². The van der Waals surface area contributed by atoms with E-state index in [0.717, 1.165) is 0 Å². The molecular formula is C10H17F2N3O. The third-order valence-electron chi connectivity index (χ3n) is 3.43. The lowest BCUT2D eigenvalue weighted by Crippen LogP contribution is -2.58. The van der Waals surface area contributed by atoms with Gasteiger partial charge in [-0.1, -0.05) is 0 Å². The molecule has 1 aliphatic carbocycles. The molecule has 1 aliphatic heterocycles. The van der Waals surface area contributed by atoms with Crippen LogP contribution in [0.4, 0.5) is 8.78 Å². The van der Waals surface area contributed by atoms with Crippen molar-refractivity contribution in [3.05, 3.63) is 0 Å². The topological polar surface area (TPSA) is 49.6 Å². The van der Waals surface area contributed by atoms with E-state index in [9.17, 15) is 13.6 Å². The number of nitrogens with two attached hydrogens (primary N) is 1. The van der Waals surface area contributed by atoms with Gasteiger partial charge in [-0.25, -0.2) is 8.78 Å². The molecule has 0 radical (unpaired) electrons. The van der Waals surface area contributed by atoms with Gasteiger partial charge in [-0.05, 0) is 0 Å². The summed E-state index contributed by atoms with van der Waals surface area (Å²) in [6.45, 7) is 2.62. The third kappa shape index (κ3) is 2.32. The Morgan fingerprint density at radius 1 is 1.25 bits per heavy atom. The quantitative estimate of drug-likeness (QED) is 0.724. The zero-order valence-corrected chi connectivity index (χ0v) is 9.16. The van der Waals surface area contributed by atoms with Crippen molar-refractivity contribution < 1.29 is 13.6 Å². The smallest absolute Gasteiger partial charge is 0.251 e. The summed E-state index contributed by atoms with van der Waals surface area (Å²) in [5.74, 6) is -2.52. The van der Waals surface area contributed by atoms with Crippen molar-refractivity contribution in [1.82, 2.24) is 9.80 Å². The molecule has 0 atom stereocenters. The Bertz CT molecular complexity index is 269. The summed E-state index contributed by atoms with van der Waals surface area (Å²) in [7, 11) is 0. The Morgan fingerprint density at radius 3 is 2.25 bits per heavy atom. The highest BCUT2D eigenvalue weighted by Crippen LogP contribution is 2.40. The summed E-state index contributed by atoms with van der Waals surface area (Å²) < 4.78 is 25.4. The van der Waals surface area contributed by atoms with E-state index in [1.165, 1.54) is 0 Å². The number of carbonyl (C=O) groups excluding carboxylic acids is 1. The molecule has 16 heavy (non-hydrogen) atoms. The monoisotopic (exact) mass is 233 g/mol. The van der Waals surface area contributed by atoms with Crippen LogP contribution < -0.4 is 5.73 Å². The van der Waals surface area contributed by atoms with Gasteiger partial charge < -0.3 is 10.6 Å². The van der Waals surface area contributed by atoms with Gasteiger partial charge in [-0.3, -0.25) is 9.69 Å². The molecule has 2 rings (SSSR count). The van der Waals surface area contributed by atoms with Crippen LogP contribution in [0.1, 0.15) is 12.8 Å². The fourth-order valence-electron chi connectivity index (χ4n) is 2.35. The standard InChI is InChI=1S/C10H17F2N3O/c11-10(12)5-8(6-10)14-1-3-15(4-2-14)9(16)7-13/h8H,1-7,13H2. The second kappa shape index (κ2) is 4.25. The zero-order valence-electron chi connectivity index (χ0n) is 9.16. The minimum atomic E-state index is -2.46. The molecular weight excluding hydrogens is 216 g/mol. The summed E-state index contributed by atoms with van der Waals surface area (Å²) in [5.41, 5.74) is 5.27. The van der Waals surface area contributed by atoms with Gasteiger partial charge in [0.1, 0.15) is 0 Å². The highest BCUT2D eigenvalue weighted by molar-refractivity contribution is 5.78. The highest BCUT2D eigenvalue weighted by Gasteiger charge is 2.48. The zero-order chi connectivity index (χ0) is 11.8. The predicted octanol–water partition coefficient (Wildman–Crippen LogP) is -0.113. The first-order valence-electron chi connectivity index (χ1n) is 5.61. The Kier molecular flexibility index (Phi) is 3.12. The van der Waals surface area contributed by atoms with Crippen molar-refractivity contribution >= 4 is 5.91 Å². The normalized spacial score (nSPS) is 26.6. The van der Waals surface area contributed by atoms with E-state index in [0.29, 0.717) is 26.2 Å². The number of rotatable bonds is 2. The second-order valence-electron chi connectivity index (χ2n) is 4.54. The molecule has 2 N–H and O–H groups in total. The molecule has 1 heterocycles. The lowest BCUT2D eigenvalue weighted by molar-refractivity contribution is -0.141. The SMILES string of the molecule is NCC(=O)N1CCN(C2CC(F)(F)C2)CC1. The number of halogens is 2. The van der Waals surface area contributed by atoms with Crippen LogP contribution in [0.2, 0.25) is 0 Å². The average Bonchev–Trinajstić information content (AvgIpc) is 2.25. The van der Waals surface area contributed by atoms with Crippen molar-refractivity contribution in [1.29, 1.82) is 0 Å². The summed E-state index contributed by atoms with van der Waals surface area (Å²) >= 11 is 0. The number of nitrogens with zero attached hydrogens (tertiary/aromatic N) is 2. The van der Waals surface area contributed by atoms with Crippen molar-refractivity contribution in [2.45, 2.75) is 24.8 Å². The number of hydrogen-bond acceptors (Lipinski definition) is 3. The largest absolute Gasteiger partial charge is 0.339 e. The summed E-state index contributed by atoms with van der Waals surface area (Å²) in [4.78, 5) is 15.0. The van der Waals surface area contributed by atoms with Crippen LogP contribution in [0.15, 0.2) is 0 Å². The van der Waals surface area contributed by atoms with Crippen LogP contribution in [0.5, 0.6) is 0 Å². The molecule has 1 amide bonds. The van der Waals surface area contributed by atoms with E-state index in [2.05, 4.69) is 4.90 Å². The molecule has 0 aromatic heterocycles. The Labute approximate surface area is 93.4 Å². The molecule has 92 valence electrons. The summed E-state index contributed by atoms with van der Waals surface area (Å²) in [6.07, 6.45) is -0.0599. The third-order valence-corrected chi connectivity index (χ3v) is 3.43. The first-order valence-corrected chi connectivity index (χ1v) is 5.61. The van der Waals surface area contributed by atoms with Gasteiger partial charge >= 0.3 is 0 Å². The van der Waals surface area contributed by atoms with E-state index in [1.807, 2.05) is 0 Å². The van der Waals surface area contributed by atoms with E-state index in [1.54, 1.807) is 4.90 Å². The van der Waals surface area contributed by atoms with Gasteiger partial charge in [-0.2, -0.15) is 0 Å². The molecule has 0 bridgehead atoms. The predicted molar refractivity (Wildman–Crippen MR) is 55.2 cm³/mol. The fraction of sp³-hybridized carbons (Fsp3) is 0.900. The van der Waals surface area contributed by atoms with Crippen LogP contribution in [-0.4, -0.2) is 60.4 Å². The van der Waals surface area contributed by atoms with E-state index in [4.69, 9.17) is 5.73 Å². The molecule has 0 aromatic rings. The van der Waals surface area contributed by atoms with Crippen molar-refractivity contribution in [2.24, 2.45) is 5.73 Å². The highest BCUT2D eigenvalue weighted by atomic mass is 19.3. The van der Waals surface area contributed by atoms with E-state index >= 15 is 0 Å². The Morgan fingerprint density at radius 2 is 1.81 bits per heavy atom. The van der Waals surface area contributed by atoms with Crippen LogP contribution in [0.3, 0.4) is 0 Å². The van der Waals surface area contributed by atoms with Crippen molar-refractivity contribution in [3.8, 4) is 0 Å². The maximum absolute atomic E-state index is 12.7. The molecule has 1 saturated carbocycles. The number of hydrogen-bond donors (Lipinski definition) is 1. The molecule has 0 unspecified atom stereocenters. The van der Waals surface area contributed by atoms with Gasteiger partial charge in [-0.15, -0.1) is 0 Å². The van der Waals surface area contributed by atoms with Crippen molar-refractivity contribution in [2.75, 3.05) is 32.7 Å². The maximum Gasteiger partial charge on any atom is 0.251 e. The number of alkyl halides is 2. The molecule has 0 aromatic carbocycles. The number of carbonyl (C=O) groups is 1. The van der Waals surface area contributed by atoms with E-state index in [-0.39, 0.29) is 31.3 Å². The van der Waals surface area contributed by atoms with Gasteiger partial charge in [0, 0.05) is 45.1 Å². The lowest BCUT2D eigenvalue weighted by Gasteiger charge is -2.46. The first kappa shape index (κ1) is 11.7. The van der Waals surface area contributed by atoms with Gasteiger partial charge in [0.2, 0.25) is 5.91 Å². The van der Waals surface area contributed by atoms with Gasteiger partial charge in [0.25, 0.3) is 5.92 Å². The van der Waals surface area contributed by atoms with Crippen LogP contribution in [-0.2, 0) is 4.79 Å². The van der Waals surface area contributed by atoms with Crippen LogP contribution >= 0.6 is 0 Å². The Hall–Kier alpha value is -0.750. The Balaban J connectivity index is 1.76. The first-order chi connectivity index (χ1) is 7.52. The lowest BCUT2D eigenvalue weighted by atomic mass is 9.86. The summed E-state index contributed by atoms with van der Waals surface area (Å²) in [6, 6.07) is 0.00475. The second-order valence-corrected chi connectivity index (χ2v) is 4.54. The molecule has 4 nitrogen and oxygen atoms in total. The minimum Gasteiger partial charge on any atom is -0.339 e. The number of amides is 1. The molecule has 2 aliphatic rings. The molecule has 0 spiro atoms. The fourth-order valence-corrected chi connectivity index (χ4v) is 2.35. The average molecular weight is 233 g/mol.